The Kier molecular flexibility index (Phi) is 5.12. The zero-order chi connectivity index (χ0) is 18.5. The van der Waals surface area contributed by atoms with E-state index < -0.39 is 0 Å². The first-order chi connectivity index (χ1) is 12.6. The highest BCUT2D eigenvalue weighted by molar-refractivity contribution is 6.04. The molecule has 5 nitrogen and oxygen atoms in total. The zero-order valence-electron chi connectivity index (χ0n) is 14.3. The lowest BCUT2D eigenvalue weighted by atomic mass is 10.1. The van der Waals surface area contributed by atoms with E-state index in [1.54, 1.807) is 49.6 Å². The first-order valence-electron chi connectivity index (χ1n) is 7.86. The molecular weight excluding hydrogens is 335 g/mol. The van der Waals surface area contributed by atoms with E-state index in [0.29, 0.717) is 34.0 Å². The van der Waals surface area contributed by atoms with Gasteiger partial charge in [0.2, 0.25) is 0 Å². The van der Waals surface area contributed by atoms with Gasteiger partial charge in [0, 0.05) is 23.5 Å². The first-order valence-corrected chi connectivity index (χ1v) is 7.86. The second-order valence-corrected chi connectivity index (χ2v) is 5.47. The van der Waals surface area contributed by atoms with E-state index in [-0.39, 0.29) is 11.7 Å². The molecule has 6 heteroatoms. The molecule has 0 aliphatic carbocycles. The van der Waals surface area contributed by atoms with Crippen molar-refractivity contribution in [1.82, 2.24) is 4.98 Å². The average molecular weight is 352 g/mol. The lowest BCUT2D eigenvalue weighted by molar-refractivity contribution is 0.102. The van der Waals surface area contributed by atoms with Crippen LogP contribution in [0.2, 0.25) is 0 Å². The minimum Gasteiger partial charge on any atom is -0.493 e. The van der Waals surface area contributed by atoms with Gasteiger partial charge in [0.05, 0.1) is 25.5 Å². The predicted octanol–water partition coefficient (Wildman–Crippen LogP) is 4.16. The monoisotopic (exact) mass is 352 g/mol. The molecular formula is C20H17FN2O3. The molecule has 2 aromatic carbocycles. The minimum atomic E-state index is -0.334. The molecule has 3 rings (SSSR count). The fourth-order valence-corrected chi connectivity index (χ4v) is 2.46. The molecule has 0 atom stereocenters. The molecule has 0 bridgehead atoms. The highest BCUT2D eigenvalue weighted by Gasteiger charge is 2.10. The summed E-state index contributed by atoms with van der Waals surface area (Å²) in [6, 6.07) is 14.6. The lowest BCUT2D eigenvalue weighted by Gasteiger charge is -2.10. The van der Waals surface area contributed by atoms with E-state index >= 15 is 0 Å². The van der Waals surface area contributed by atoms with Crippen molar-refractivity contribution in [3.8, 4) is 22.8 Å². The third-order valence-corrected chi connectivity index (χ3v) is 3.79. The van der Waals surface area contributed by atoms with Crippen LogP contribution in [0.4, 0.5) is 10.1 Å². The second-order valence-electron chi connectivity index (χ2n) is 5.47. The molecule has 1 N–H and O–H groups in total. The fraction of sp³-hybridized carbons (Fsp3) is 0.100. The van der Waals surface area contributed by atoms with E-state index in [9.17, 15) is 9.18 Å². The largest absolute Gasteiger partial charge is 0.493 e. The quantitative estimate of drug-likeness (QED) is 0.749. The molecule has 0 aliphatic heterocycles. The maximum Gasteiger partial charge on any atom is 0.257 e. The van der Waals surface area contributed by atoms with Gasteiger partial charge in [0.25, 0.3) is 5.91 Å². The van der Waals surface area contributed by atoms with E-state index in [4.69, 9.17) is 9.47 Å². The number of rotatable bonds is 5. The molecule has 0 unspecified atom stereocenters. The van der Waals surface area contributed by atoms with E-state index in [2.05, 4.69) is 10.3 Å². The van der Waals surface area contributed by atoms with Crippen molar-refractivity contribution >= 4 is 11.6 Å². The van der Waals surface area contributed by atoms with Crippen molar-refractivity contribution in [3.63, 3.8) is 0 Å². The van der Waals surface area contributed by atoms with Crippen LogP contribution in [0, 0.1) is 5.82 Å². The van der Waals surface area contributed by atoms with E-state index in [1.165, 1.54) is 25.4 Å². The standard InChI is InChI=1S/C20H17FN2O3/c1-25-18-9-7-16(11-19(18)26-2)23-20(24)14-6-8-17(22-12-14)13-4-3-5-15(21)10-13/h3-12H,1-2H3,(H,23,24). The Labute approximate surface area is 150 Å². The van der Waals surface area contributed by atoms with Gasteiger partial charge in [-0.3, -0.25) is 9.78 Å². The van der Waals surface area contributed by atoms with E-state index in [0.717, 1.165) is 0 Å². The Morgan fingerprint density at radius 2 is 1.81 bits per heavy atom. The summed E-state index contributed by atoms with van der Waals surface area (Å²) < 4.78 is 23.7. The predicted molar refractivity (Wildman–Crippen MR) is 97.1 cm³/mol. The minimum absolute atomic E-state index is 0.310. The maximum absolute atomic E-state index is 13.3. The van der Waals surface area contributed by atoms with E-state index in [1.807, 2.05) is 0 Å². The maximum atomic E-state index is 13.3. The number of methoxy groups -OCH3 is 2. The molecule has 132 valence electrons. The third-order valence-electron chi connectivity index (χ3n) is 3.79. The van der Waals surface area contributed by atoms with Crippen LogP contribution in [0.5, 0.6) is 11.5 Å². The number of benzene rings is 2. The van der Waals surface area contributed by atoms with Crippen molar-refractivity contribution < 1.29 is 18.7 Å². The average Bonchev–Trinajstić information content (AvgIpc) is 2.68. The van der Waals surface area contributed by atoms with Crippen LogP contribution in [0.1, 0.15) is 10.4 Å². The van der Waals surface area contributed by atoms with Gasteiger partial charge >= 0.3 is 0 Å². The Morgan fingerprint density at radius 3 is 2.46 bits per heavy atom. The number of hydrogen-bond donors (Lipinski definition) is 1. The number of aromatic nitrogens is 1. The van der Waals surface area contributed by atoms with Gasteiger partial charge in [-0.25, -0.2) is 4.39 Å². The number of anilines is 1. The number of nitrogens with one attached hydrogen (secondary N) is 1. The van der Waals surface area contributed by atoms with Crippen LogP contribution in [0.3, 0.4) is 0 Å². The van der Waals surface area contributed by atoms with Crippen molar-refractivity contribution in [2.45, 2.75) is 0 Å². The normalized spacial score (nSPS) is 10.3. The first kappa shape index (κ1) is 17.4. The summed E-state index contributed by atoms with van der Waals surface area (Å²) in [6.07, 6.45) is 1.45. The molecule has 0 spiro atoms. The molecule has 0 saturated carbocycles. The van der Waals surface area contributed by atoms with Crippen molar-refractivity contribution in [1.29, 1.82) is 0 Å². The Balaban J connectivity index is 1.76. The van der Waals surface area contributed by atoms with Crippen LogP contribution in [0.25, 0.3) is 11.3 Å². The SMILES string of the molecule is COc1ccc(NC(=O)c2ccc(-c3cccc(F)c3)nc2)cc1OC. The number of hydrogen-bond acceptors (Lipinski definition) is 4. The summed E-state index contributed by atoms with van der Waals surface area (Å²) in [7, 11) is 3.07. The van der Waals surface area contributed by atoms with Gasteiger partial charge in [0.15, 0.2) is 11.5 Å². The van der Waals surface area contributed by atoms with Crippen LogP contribution in [-0.2, 0) is 0 Å². The van der Waals surface area contributed by atoms with Gasteiger partial charge in [-0.2, -0.15) is 0 Å². The van der Waals surface area contributed by atoms with Crippen LogP contribution >= 0.6 is 0 Å². The van der Waals surface area contributed by atoms with Crippen molar-refractivity contribution in [2.24, 2.45) is 0 Å². The lowest BCUT2D eigenvalue weighted by Crippen LogP contribution is -2.12. The van der Waals surface area contributed by atoms with Gasteiger partial charge in [-0.1, -0.05) is 12.1 Å². The van der Waals surface area contributed by atoms with Gasteiger partial charge in [0.1, 0.15) is 5.82 Å². The topological polar surface area (TPSA) is 60.5 Å². The summed E-state index contributed by atoms with van der Waals surface area (Å²) in [5.41, 5.74) is 2.20. The number of pyridine rings is 1. The van der Waals surface area contributed by atoms with Crippen LogP contribution < -0.4 is 14.8 Å². The Hall–Kier alpha value is -3.41. The number of carbonyl (C=O) groups is 1. The number of nitrogens with zero attached hydrogens (tertiary/aromatic N) is 1. The summed E-state index contributed by atoms with van der Waals surface area (Å²) in [4.78, 5) is 16.6. The molecule has 0 aliphatic rings. The molecule has 0 saturated heterocycles. The molecule has 1 aromatic heterocycles. The van der Waals surface area contributed by atoms with Gasteiger partial charge < -0.3 is 14.8 Å². The molecule has 0 radical (unpaired) electrons. The summed E-state index contributed by atoms with van der Waals surface area (Å²) in [5.74, 6) is 0.451. The Morgan fingerprint density at radius 1 is 1.00 bits per heavy atom. The molecule has 0 fully saturated rings. The molecule has 26 heavy (non-hydrogen) atoms. The highest BCUT2D eigenvalue weighted by atomic mass is 19.1. The van der Waals surface area contributed by atoms with Crippen LogP contribution in [0.15, 0.2) is 60.8 Å². The number of halogens is 1. The molecule has 1 amide bonds. The van der Waals surface area contributed by atoms with Gasteiger partial charge in [-0.15, -0.1) is 0 Å². The van der Waals surface area contributed by atoms with Crippen molar-refractivity contribution in [2.75, 3.05) is 19.5 Å². The van der Waals surface area contributed by atoms with Crippen LogP contribution in [-0.4, -0.2) is 25.1 Å². The van der Waals surface area contributed by atoms with Crippen molar-refractivity contribution in [3.05, 3.63) is 72.2 Å². The molecule has 1 heterocycles. The number of ether oxygens (including phenoxy) is 2. The summed E-state index contributed by atoms with van der Waals surface area (Å²) in [6.45, 7) is 0. The summed E-state index contributed by atoms with van der Waals surface area (Å²) >= 11 is 0. The third kappa shape index (κ3) is 3.80. The number of amides is 1. The second kappa shape index (κ2) is 7.65. The zero-order valence-corrected chi connectivity index (χ0v) is 14.3. The molecule has 3 aromatic rings. The fourth-order valence-electron chi connectivity index (χ4n) is 2.46. The smallest absolute Gasteiger partial charge is 0.257 e. The van der Waals surface area contributed by atoms with Gasteiger partial charge in [-0.05, 0) is 36.4 Å². The highest BCUT2D eigenvalue weighted by Crippen LogP contribution is 2.30. The number of carbonyl (C=O) groups excluding carboxylic acids is 1. The summed E-state index contributed by atoms with van der Waals surface area (Å²) in [5, 5.41) is 2.78. The Bertz CT molecular complexity index is 927.